The molecule has 0 saturated carbocycles. The van der Waals surface area contributed by atoms with Crippen LogP contribution in [0.3, 0.4) is 0 Å². The zero-order valence-corrected chi connectivity index (χ0v) is 11.1. The van der Waals surface area contributed by atoms with E-state index in [0.29, 0.717) is 11.4 Å². The monoisotopic (exact) mass is 276 g/mol. The maximum atomic E-state index is 11.1. The molecule has 7 heteroatoms. The largest absolute Gasteiger partial charge is 0.507 e. The van der Waals surface area contributed by atoms with Crippen molar-refractivity contribution >= 4 is 5.97 Å². The Labute approximate surface area is 115 Å². The number of aromatic carboxylic acids is 1. The number of aromatic hydroxyl groups is 1. The molecule has 0 fully saturated rings. The van der Waals surface area contributed by atoms with Gasteiger partial charge in [0.2, 0.25) is 0 Å². The molecule has 0 aliphatic rings. The standard InChI is InChI=1S/C13H16N4O3/c1-2-3-11-10(7-14)15-16-17(11)8-4-5-12(18)9(6-8)13(19)20/h4-6,18H,2-3,7,14H2,1H3,(H,19,20). The molecular formula is C13H16N4O3. The SMILES string of the molecule is CCCc1c(CN)nnn1-c1ccc(O)c(C(=O)O)c1. The van der Waals surface area contributed by atoms with Crippen LogP contribution in [0.25, 0.3) is 5.69 Å². The van der Waals surface area contributed by atoms with Crippen molar-refractivity contribution in [2.75, 3.05) is 0 Å². The van der Waals surface area contributed by atoms with Gasteiger partial charge in [-0.3, -0.25) is 0 Å². The van der Waals surface area contributed by atoms with E-state index in [1.54, 1.807) is 10.7 Å². The Kier molecular flexibility index (Phi) is 3.99. The minimum atomic E-state index is -1.19. The van der Waals surface area contributed by atoms with Gasteiger partial charge in [0.05, 0.1) is 17.1 Å². The molecule has 0 unspecified atom stereocenters. The van der Waals surface area contributed by atoms with Crippen molar-refractivity contribution in [1.82, 2.24) is 15.0 Å². The minimum absolute atomic E-state index is 0.172. The van der Waals surface area contributed by atoms with Gasteiger partial charge in [0.25, 0.3) is 0 Å². The highest BCUT2D eigenvalue weighted by Gasteiger charge is 2.16. The maximum Gasteiger partial charge on any atom is 0.339 e. The number of nitrogens with two attached hydrogens (primary N) is 1. The number of aromatic nitrogens is 3. The normalized spacial score (nSPS) is 10.7. The van der Waals surface area contributed by atoms with Gasteiger partial charge in [-0.05, 0) is 24.6 Å². The lowest BCUT2D eigenvalue weighted by molar-refractivity contribution is 0.0693. The summed E-state index contributed by atoms with van der Waals surface area (Å²) in [5.41, 5.74) is 7.54. The summed E-state index contributed by atoms with van der Waals surface area (Å²) in [6.07, 6.45) is 1.63. The molecule has 0 radical (unpaired) electrons. The zero-order chi connectivity index (χ0) is 14.7. The molecule has 2 rings (SSSR count). The van der Waals surface area contributed by atoms with Gasteiger partial charge in [0, 0.05) is 6.54 Å². The molecule has 0 bridgehead atoms. The van der Waals surface area contributed by atoms with Gasteiger partial charge in [0.15, 0.2) is 0 Å². The van der Waals surface area contributed by atoms with Gasteiger partial charge in [-0.1, -0.05) is 18.6 Å². The summed E-state index contributed by atoms with van der Waals surface area (Å²) in [5.74, 6) is -1.47. The van der Waals surface area contributed by atoms with E-state index in [2.05, 4.69) is 10.3 Å². The fourth-order valence-electron chi connectivity index (χ4n) is 2.01. The van der Waals surface area contributed by atoms with Crippen LogP contribution in [0.4, 0.5) is 0 Å². The average molecular weight is 276 g/mol. The third-order valence-corrected chi connectivity index (χ3v) is 2.98. The van der Waals surface area contributed by atoms with Gasteiger partial charge in [-0.2, -0.15) is 0 Å². The van der Waals surface area contributed by atoms with Gasteiger partial charge in [0.1, 0.15) is 11.3 Å². The van der Waals surface area contributed by atoms with Gasteiger partial charge >= 0.3 is 5.97 Å². The first-order valence-corrected chi connectivity index (χ1v) is 6.28. The highest BCUT2D eigenvalue weighted by molar-refractivity contribution is 5.91. The van der Waals surface area contributed by atoms with E-state index in [-0.39, 0.29) is 17.9 Å². The first-order valence-electron chi connectivity index (χ1n) is 6.28. The zero-order valence-electron chi connectivity index (χ0n) is 11.1. The second kappa shape index (κ2) is 5.70. The number of carbonyl (C=O) groups is 1. The lowest BCUT2D eigenvalue weighted by Gasteiger charge is -2.08. The smallest absolute Gasteiger partial charge is 0.339 e. The molecule has 4 N–H and O–H groups in total. The third-order valence-electron chi connectivity index (χ3n) is 2.98. The molecule has 1 aromatic carbocycles. The number of rotatable bonds is 5. The lowest BCUT2D eigenvalue weighted by atomic mass is 10.1. The highest BCUT2D eigenvalue weighted by Crippen LogP contribution is 2.22. The quantitative estimate of drug-likeness (QED) is 0.753. The number of hydrogen-bond acceptors (Lipinski definition) is 5. The summed E-state index contributed by atoms with van der Waals surface area (Å²) < 4.78 is 1.57. The molecule has 0 amide bonds. The third kappa shape index (κ3) is 2.48. The Balaban J connectivity index is 2.54. The van der Waals surface area contributed by atoms with E-state index in [1.807, 2.05) is 6.92 Å². The van der Waals surface area contributed by atoms with Crippen molar-refractivity contribution in [3.8, 4) is 11.4 Å². The van der Waals surface area contributed by atoms with E-state index < -0.39 is 5.97 Å². The van der Waals surface area contributed by atoms with Crippen molar-refractivity contribution in [3.05, 3.63) is 35.2 Å². The molecule has 20 heavy (non-hydrogen) atoms. The minimum Gasteiger partial charge on any atom is -0.507 e. The van der Waals surface area contributed by atoms with Gasteiger partial charge < -0.3 is 15.9 Å². The fourth-order valence-corrected chi connectivity index (χ4v) is 2.01. The number of carboxylic acid groups (broad SMARTS) is 1. The van der Waals surface area contributed by atoms with E-state index in [0.717, 1.165) is 18.5 Å². The van der Waals surface area contributed by atoms with Crippen LogP contribution in [-0.4, -0.2) is 31.2 Å². The van der Waals surface area contributed by atoms with Crippen molar-refractivity contribution in [3.63, 3.8) is 0 Å². The number of carboxylic acids is 1. The van der Waals surface area contributed by atoms with E-state index in [4.69, 9.17) is 10.8 Å². The first kappa shape index (κ1) is 14.0. The predicted molar refractivity (Wildman–Crippen MR) is 71.9 cm³/mol. The maximum absolute atomic E-state index is 11.1. The van der Waals surface area contributed by atoms with Crippen molar-refractivity contribution in [2.45, 2.75) is 26.3 Å². The summed E-state index contributed by atoms with van der Waals surface area (Å²) >= 11 is 0. The molecule has 0 saturated heterocycles. The first-order chi connectivity index (χ1) is 9.58. The predicted octanol–water partition coefficient (Wildman–Crippen LogP) is 1.08. The number of hydrogen-bond donors (Lipinski definition) is 3. The molecule has 7 nitrogen and oxygen atoms in total. The summed E-state index contributed by atoms with van der Waals surface area (Å²) in [6.45, 7) is 2.30. The van der Waals surface area contributed by atoms with Crippen LogP contribution < -0.4 is 5.73 Å². The topological polar surface area (TPSA) is 114 Å². The molecule has 2 aromatic rings. The Morgan fingerprint density at radius 3 is 2.80 bits per heavy atom. The van der Waals surface area contributed by atoms with Crippen LogP contribution in [0, 0.1) is 0 Å². The molecular weight excluding hydrogens is 260 g/mol. The Hall–Kier alpha value is -2.41. The van der Waals surface area contributed by atoms with Crippen molar-refractivity contribution in [1.29, 1.82) is 0 Å². The van der Waals surface area contributed by atoms with E-state index in [1.165, 1.54) is 12.1 Å². The van der Waals surface area contributed by atoms with E-state index >= 15 is 0 Å². The Morgan fingerprint density at radius 2 is 2.20 bits per heavy atom. The number of nitrogens with zero attached hydrogens (tertiary/aromatic N) is 3. The Bertz CT molecular complexity index is 637. The second-order valence-corrected chi connectivity index (χ2v) is 4.36. The Morgan fingerprint density at radius 1 is 1.45 bits per heavy atom. The van der Waals surface area contributed by atoms with Crippen molar-refractivity contribution < 1.29 is 15.0 Å². The van der Waals surface area contributed by atoms with Crippen LogP contribution >= 0.6 is 0 Å². The molecule has 0 atom stereocenters. The highest BCUT2D eigenvalue weighted by atomic mass is 16.4. The van der Waals surface area contributed by atoms with Gasteiger partial charge in [-0.15, -0.1) is 5.10 Å². The second-order valence-electron chi connectivity index (χ2n) is 4.36. The van der Waals surface area contributed by atoms with Crippen LogP contribution in [0.15, 0.2) is 18.2 Å². The number of benzene rings is 1. The average Bonchev–Trinajstić information content (AvgIpc) is 2.82. The summed E-state index contributed by atoms with van der Waals surface area (Å²) in [4.78, 5) is 11.1. The molecule has 0 aliphatic heterocycles. The summed E-state index contributed by atoms with van der Waals surface area (Å²) in [7, 11) is 0. The van der Waals surface area contributed by atoms with Crippen molar-refractivity contribution in [2.24, 2.45) is 5.73 Å². The van der Waals surface area contributed by atoms with Crippen LogP contribution in [0.5, 0.6) is 5.75 Å². The summed E-state index contributed by atoms with van der Waals surface area (Å²) in [5, 5.41) is 26.6. The lowest BCUT2D eigenvalue weighted by Crippen LogP contribution is -2.07. The van der Waals surface area contributed by atoms with Crippen LogP contribution in [0.1, 0.15) is 35.1 Å². The van der Waals surface area contributed by atoms with E-state index in [9.17, 15) is 9.90 Å². The molecule has 1 aromatic heterocycles. The molecule has 0 spiro atoms. The van der Waals surface area contributed by atoms with Crippen LogP contribution in [-0.2, 0) is 13.0 Å². The van der Waals surface area contributed by atoms with Gasteiger partial charge in [-0.25, -0.2) is 9.48 Å². The fraction of sp³-hybridized carbons (Fsp3) is 0.308. The summed E-state index contributed by atoms with van der Waals surface area (Å²) in [6, 6.07) is 4.29. The molecule has 0 aliphatic carbocycles. The number of phenols is 1. The van der Waals surface area contributed by atoms with Crippen LogP contribution in [0.2, 0.25) is 0 Å². The molecule has 106 valence electrons. The molecule has 1 heterocycles.